The SMILES string of the molecule is O=C1NC(=O)N([C@@H]2O[C@H](CO)[C@@H](O)[C@H]2O)CC1=S. The first-order valence-electron chi connectivity index (χ1n) is 5.23. The van der Waals surface area contributed by atoms with Crippen LogP contribution in [0.15, 0.2) is 0 Å². The quantitative estimate of drug-likeness (QED) is 0.407. The highest BCUT2D eigenvalue weighted by Crippen LogP contribution is 2.24. The summed E-state index contributed by atoms with van der Waals surface area (Å²) >= 11 is 4.76. The van der Waals surface area contributed by atoms with Crippen molar-refractivity contribution < 1.29 is 29.6 Å². The third-order valence-electron chi connectivity index (χ3n) is 2.87. The molecule has 3 amide bonds. The molecule has 0 aliphatic carbocycles. The Bertz CT molecular complexity index is 403. The normalized spacial score (nSPS) is 37.1. The zero-order valence-corrected chi connectivity index (χ0v) is 9.96. The molecule has 2 rings (SSSR count). The van der Waals surface area contributed by atoms with Crippen molar-refractivity contribution in [2.75, 3.05) is 13.2 Å². The Morgan fingerprint density at radius 3 is 2.61 bits per heavy atom. The van der Waals surface area contributed by atoms with Gasteiger partial charge in [-0.05, 0) is 0 Å². The van der Waals surface area contributed by atoms with Gasteiger partial charge in [-0.2, -0.15) is 0 Å². The third-order valence-corrected chi connectivity index (χ3v) is 3.19. The first-order valence-corrected chi connectivity index (χ1v) is 5.63. The largest absolute Gasteiger partial charge is 0.394 e. The Morgan fingerprint density at radius 2 is 2.06 bits per heavy atom. The Hall–Kier alpha value is -1.13. The van der Waals surface area contributed by atoms with Crippen molar-refractivity contribution in [1.29, 1.82) is 0 Å². The topological polar surface area (TPSA) is 119 Å². The Labute approximate surface area is 107 Å². The Kier molecular flexibility index (Phi) is 3.59. The van der Waals surface area contributed by atoms with Crippen molar-refractivity contribution in [1.82, 2.24) is 10.2 Å². The van der Waals surface area contributed by atoms with Gasteiger partial charge in [0.2, 0.25) is 0 Å². The lowest BCUT2D eigenvalue weighted by Crippen LogP contribution is -2.60. The minimum Gasteiger partial charge on any atom is -0.394 e. The first kappa shape index (κ1) is 13.3. The molecule has 0 saturated carbocycles. The molecule has 0 aromatic rings. The molecule has 2 saturated heterocycles. The number of carbonyl (C=O) groups is 2. The van der Waals surface area contributed by atoms with Crippen molar-refractivity contribution in [2.45, 2.75) is 24.5 Å². The molecular formula is C9H12N2O6S. The summed E-state index contributed by atoms with van der Waals surface area (Å²) in [6.07, 6.45) is -4.81. The fourth-order valence-electron chi connectivity index (χ4n) is 1.88. The fourth-order valence-corrected chi connectivity index (χ4v) is 2.07. The number of imide groups is 1. The van der Waals surface area contributed by atoms with Gasteiger partial charge in [0, 0.05) is 0 Å². The standard InChI is InChI=1S/C9H12N2O6S/c12-2-3-5(13)6(14)8(17-3)11-1-4(18)7(15)10-9(11)16/h3,5-6,8,12-14H,1-2H2,(H,10,15,16)/t3-,5-,6-,8-/m1/s1. The fraction of sp³-hybridized carbons (Fsp3) is 0.667. The Morgan fingerprint density at radius 1 is 1.39 bits per heavy atom. The van der Waals surface area contributed by atoms with E-state index in [2.05, 4.69) is 0 Å². The van der Waals surface area contributed by atoms with Crippen LogP contribution in [0, 0.1) is 0 Å². The van der Waals surface area contributed by atoms with E-state index >= 15 is 0 Å². The molecule has 4 N–H and O–H groups in total. The van der Waals surface area contributed by atoms with E-state index in [0.29, 0.717) is 0 Å². The van der Waals surface area contributed by atoms with E-state index < -0.39 is 43.1 Å². The summed E-state index contributed by atoms with van der Waals surface area (Å²) < 4.78 is 5.17. The third kappa shape index (κ3) is 2.10. The highest BCUT2D eigenvalue weighted by atomic mass is 32.1. The van der Waals surface area contributed by atoms with Crippen LogP contribution in [0.1, 0.15) is 0 Å². The van der Waals surface area contributed by atoms with E-state index in [0.717, 1.165) is 4.90 Å². The van der Waals surface area contributed by atoms with Gasteiger partial charge < -0.3 is 20.1 Å². The molecule has 0 bridgehead atoms. The number of rotatable bonds is 2. The summed E-state index contributed by atoms with van der Waals surface area (Å²) in [5.41, 5.74) is 0. The smallest absolute Gasteiger partial charge is 0.326 e. The second-order valence-electron chi connectivity index (χ2n) is 4.04. The second-order valence-corrected chi connectivity index (χ2v) is 4.53. The van der Waals surface area contributed by atoms with Crippen molar-refractivity contribution in [2.24, 2.45) is 0 Å². The van der Waals surface area contributed by atoms with Crippen LogP contribution in [0.25, 0.3) is 0 Å². The lowest BCUT2D eigenvalue weighted by atomic mass is 10.1. The van der Waals surface area contributed by atoms with Crippen LogP contribution in [0.5, 0.6) is 0 Å². The van der Waals surface area contributed by atoms with Gasteiger partial charge in [0.1, 0.15) is 18.3 Å². The molecule has 0 aromatic carbocycles. The molecule has 2 heterocycles. The molecule has 100 valence electrons. The molecule has 8 nitrogen and oxygen atoms in total. The number of aliphatic hydroxyl groups is 3. The number of nitrogens with zero attached hydrogens (tertiary/aromatic N) is 1. The van der Waals surface area contributed by atoms with E-state index in [1.807, 2.05) is 5.32 Å². The number of hydrogen-bond acceptors (Lipinski definition) is 7. The van der Waals surface area contributed by atoms with E-state index in [4.69, 9.17) is 22.1 Å². The van der Waals surface area contributed by atoms with E-state index in [9.17, 15) is 19.8 Å². The van der Waals surface area contributed by atoms with Crippen LogP contribution >= 0.6 is 12.2 Å². The van der Waals surface area contributed by atoms with Gasteiger partial charge in [0.15, 0.2) is 6.23 Å². The maximum Gasteiger partial charge on any atom is 0.326 e. The number of hydrogen-bond donors (Lipinski definition) is 4. The molecule has 4 atom stereocenters. The van der Waals surface area contributed by atoms with E-state index in [1.54, 1.807) is 0 Å². The molecule has 9 heteroatoms. The average Bonchev–Trinajstić information content (AvgIpc) is 2.61. The van der Waals surface area contributed by atoms with Crippen LogP contribution in [-0.4, -0.2) is 74.7 Å². The maximum atomic E-state index is 11.6. The maximum absolute atomic E-state index is 11.6. The summed E-state index contributed by atoms with van der Waals surface area (Å²) in [6, 6.07) is -0.761. The molecule has 18 heavy (non-hydrogen) atoms. The lowest BCUT2D eigenvalue weighted by Gasteiger charge is -2.32. The second kappa shape index (κ2) is 4.86. The van der Waals surface area contributed by atoms with Gasteiger partial charge in [0.25, 0.3) is 5.91 Å². The number of thiocarbonyl (C=S) groups is 1. The number of aliphatic hydroxyl groups excluding tert-OH is 3. The van der Waals surface area contributed by atoms with Gasteiger partial charge in [0.05, 0.1) is 18.0 Å². The molecule has 0 aromatic heterocycles. The predicted molar refractivity (Wildman–Crippen MR) is 60.6 cm³/mol. The van der Waals surface area contributed by atoms with Gasteiger partial charge in [-0.3, -0.25) is 15.0 Å². The zero-order valence-electron chi connectivity index (χ0n) is 9.15. The van der Waals surface area contributed by atoms with E-state index in [-0.39, 0.29) is 11.4 Å². The summed E-state index contributed by atoms with van der Waals surface area (Å²) in [5, 5.41) is 30.2. The number of carbonyl (C=O) groups excluding carboxylic acids is 2. The summed E-state index contributed by atoms with van der Waals surface area (Å²) in [7, 11) is 0. The predicted octanol–water partition coefficient (Wildman–Crippen LogP) is -2.65. The minimum absolute atomic E-state index is 0.0210. The highest BCUT2D eigenvalue weighted by molar-refractivity contribution is 7.82. The molecule has 2 fully saturated rings. The van der Waals surface area contributed by atoms with Crippen LogP contribution in [0.4, 0.5) is 4.79 Å². The molecule has 2 aliphatic rings. The number of ether oxygens (including phenoxy) is 1. The van der Waals surface area contributed by atoms with Gasteiger partial charge in [-0.25, -0.2) is 4.79 Å². The number of urea groups is 1. The monoisotopic (exact) mass is 276 g/mol. The summed E-state index contributed by atoms with van der Waals surface area (Å²) in [4.78, 5) is 23.7. The Balaban J connectivity index is 2.14. The zero-order chi connectivity index (χ0) is 13.4. The molecule has 0 radical (unpaired) electrons. The van der Waals surface area contributed by atoms with Crippen molar-refractivity contribution in [3.05, 3.63) is 0 Å². The van der Waals surface area contributed by atoms with Crippen molar-refractivity contribution >= 4 is 29.0 Å². The first-order chi connectivity index (χ1) is 8.45. The summed E-state index contributed by atoms with van der Waals surface area (Å²) in [5.74, 6) is -0.655. The molecule has 2 aliphatic heterocycles. The number of nitrogens with one attached hydrogen (secondary N) is 1. The molecular weight excluding hydrogens is 264 g/mol. The summed E-state index contributed by atoms with van der Waals surface area (Å²) in [6.45, 7) is -0.667. The van der Waals surface area contributed by atoms with Gasteiger partial charge >= 0.3 is 6.03 Å². The van der Waals surface area contributed by atoms with Crippen LogP contribution in [0.2, 0.25) is 0 Å². The van der Waals surface area contributed by atoms with E-state index in [1.165, 1.54) is 0 Å². The van der Waals surface area contributed by atoms with Crippen LogP contribution in [-0.2, 0) is 9.53 Å². The van der Waals surface area contributed by atoms with Gasteiger partial charge in [-0.15, -0.1) is 0 Å². The lowest BCUT2D eigenvalue weighted by molar-refractivity contribution is -0.116. The number of amides is 3. The van der Waals surface area contributed by atoms with Crippen LogP contribution in [0.3, 0.4) is 0 Å². The van der Waals surface area contributed by atoms with Crippen molar-refractivity contribution in [3.63, 3.8) is 0 Å². The minimum atomic E-state index is -1.37. The molecule has 0 unspecified atom stereocenters. The van der Waals surface area contributed by atoms with Gasteiger partial charge in [-0.1, -0.05) is 12.2 Å². The van der Waals surface area contributed by atoms with Crippen molar-refractivity contribution in [3.8, 4) is 0 Å². The highest BCUT2D eigenvalue weighted by Gasteiger charge is 2.48. The van der Waals surface area contributed by atoms with Crippen LogP contribution < -0.4 is 5.32 Å². The molecule has 0 spiro atoms. The average molecular weight is 276 g/mol.